The van der Waals surface area contributed by atoms with Gasteiger partial charge in [0.15, 0.2) is 0 Å². The molecule has 1 heterocycles. The van der Waals surface area contributed by atoms with Gasteiger partial charge in [-0.05, 0) is 54.7 Å². The number of allylic oxidation sites excluding steroid dienone is 2. The number of amides is 2. The Morgan fingerprint density at radius 2 is 1.64 bits per heavy atom. The highest BCUT2D eigenvalue weighted by Gasteiger charge is 2.46. The van der Waals surface area contributed by atoms with Gasteiger partial charge in [0.05, 0.1) is 32.1 Å². The standard InChI is InChI=1S/C31H32F3N5O5/c32-31(33,34)44-24-7-5-23(6-8-24)39-28-18-27(37-19-38-28)21-2-1-3-22(16-21)29(40)35-10-12-42-14-15-43-13-11-36-30(41)26-17-20-4-9-25(20)26/h1-9,16,18-20,25-26H,10-15,17H2,(H,35,40)(H,36,41)(H,37,38,39)/t20?,25-,26?/m1/s1. The second kappa shape index (κ2) is 14.3. The summed E-state index contributed by atoms with van der Waals surface area (Å²) in [6, 6.07) is 13.8. The van der Waals surface area contributed by atoms with E-state index in [1.807, 2.05) is 0 Å². The highest BCUT2D eigenvalue weighted by molar-refractivity contribution is 5.95. The molecule has 2 aliphatic carbocycles. The van der Waals surface area contributed by atoms with Gasteiger partial charge in [-0.1, -0.05) is 24.3 Å². The molecule has 0 radical (unpaired) electrons. The number of carbonyl (C=O) groups is 2. The smallest absolute Gasteiger partial charge is 0.406 e. The first kappa shape index (κ1) is 31.0. The fraction of sp³-hybridized carbons (Fsp3) is 0.355. The van der Waals surface area contributed by atoms with E-state index in [9.17, 15) is 22.8 Å². The number of benzene rings is 2. The number of aromatic nitrogens is 2. The fourth-order valence-electron chi connectivity index (χ4n) is 4.93. The molecule has 2 amide bonds. The molecule has 13 heteroatoms. The summed E-state index contributed by atoms with van der Waals surface area (Å²) in [5.41, 5.74) is 2.16. The third-order valence-corrected chi connectivity index (χ3v) is 7.30. The van der Waals surface area contributed by atoms with Gasteiger partial charge in [-0.15, -0.1) is 13.2 Å². The average molecular weight is 612 g/mol. The molecule has 10 nitrogen and oxygen atoms in total. The number of alkyl halides is 3. The molecule has 0 aliphatic heterocycles. The van der Waals surface area contributed by atoms with Gasteiger partial charge < -0.3 is 30.2 Å². The first-order chi connectivity index (χ1) is 21.2. The monoisotopic (exact) mass is 611 g/mol. The molecule has 1 fully saturated rings. The minimum Gasteiger partial charge on any atom is -0.406 e. The number of fused-ring (bicyclic) bond motifs is 1. The van der Waals surface area contributed by atoms with Crippen LogP contribution in [0.3, 0.4) is 0 Å². The molecule has 232 valence electrons. The molecule has 44 heavy (non-hydrogen) atoms. The van der Waals surface area contributed by atoms with E-state index in [2.05, 4.69) is 42.8 Å². The highest BCUT2D eigenvalue weighted by atomic mass is 19.4. The third kappa shape index (κ3) is 8.54. The first-order valence-electron chi connectivity index (χ1n) is 14.2. The molecule has 2 aliphatic rings. The van der Waals surface area contributed by atoms with Crippen LogP contribution >= 0.6 is 0 Å². The number of halogens is 3. The molecule has 3 N–H and O–H groups in total. The summed E-state index contributed by atoms with van der Waals surface area (Å²) in [5, 5.41) is 8.74. The van der Waals surface area contributed by atoms with Crippen LogP contribution in [0.2, 0.25) is 0 Å². The molecule has 5 rings (SSSR count). The number of rotatable bonds is 15. The van der Waals surface area contributed by atoms with Crippen LogP contribution in [0, 0.1) is 17.8 Å². The topological polar surface area (TPSA) is 124 Å². The largest absolute Gasteiger partial charge is 0.573 e. The van der Waals surface area contributed by atoms with Crippen LogP contribution in [0.4, 0.5) is 24.7 Å². The van der Waals surface area contributed by atoms with E-state index in [1.54, 1.807) is 30.3 Å². The Bertz CT molecular complexity index is 1470. The predicted molar refractivity (Wildman–Crippen MR) is 155 cm³/mol. The summed E-state index contributed by atoms with van der Waals surface area (Å²) < 4.78 is 52.0. The molecule has 1 aromatic heterocycles. The van der Waals surface area contributed by atoms with Crippen molar-refractivity contribution in [3.05, 3.63) is 78.6 Å². The van der Waals surface area contributed by atoms with Gasteiger partial charge in [-0.2, -0.15) is 0 Å². The third-order valence-electron chi connectivity index (χ3n) is 7.30. The van der Waals surface area contributed by atoms with Crippen molar-refractivity contribution in [2.45, 2.75) is 12.8 Å². The molecular formula is C31H32F3N5O5. The minimum atomic E-state index is -4.76. The van der Waals surface area contributed by atoms with Crippen LogP contribution in [0.15, 0.2) is 73.1 Å². The van der Waals surface area contributed by atoms with Crippen LogP contribution in [0.25, 0.3) is 11.3 Å². The first-order valence-corrected chi connectivity index (χ1v) is 14.2. The Hall–Kier alpha value is -4.49. The summed E-state index contributed by atoms with van der Waals surface area (Å²) >= 11 is 0. The minimum absolute atomic E-state index is 0.0983. The summed E-state index contributed by atoms with van der Waals surface area (Å²) in [6.45, 7) is 2.26. The van der Waals surface area contributed by atoms with Crippen LogP contribution in [0.5, 0.6) is 5.75 Å². The van der Waals surface area contributed by atoms with Crippen LogP contribution in [-0.4, -0.2) is 67.7 Å². The van der Waals surface area contributed by atoms with Crippen molar-refractivity contribution in [1.29, 1.82) is 0 Å². The van der Waals surface area contributed by atoms with Crippen LogP contribution in [0.1, 0.15) is 16.8 Å². The zero-order valence-corrected chi connectivity index (χ0v) is 23.7. The maximum absolute atomic E-state index is 12.7. The Balaban J connectivity index is 0.986. The van der Waals surface area contributed by atoms with E-state index in [1.165, 1.54) is 30.6 Å². The van der Waals surface area contributed by atoms with Crippen molar-refractivity contribution >= 4 is 23.3 Å². The van der Waals surface area contributed by atoms with E-state index >= 15 is 0 Å². The SMILES string of the molecule is O=C(NCCOCCOCCNC(=O)C1CC2C=C[C@H]21)c1cccc(-c2cc(Nc3ccc(OC(F)(F)F)cc3)ncn2)c1. The van der Waals surface area contributed by atoms with Crippen LogP contribution in [-0.2, 0) is 14.3 Å². The molecule has 1 saturated carbocycles. The highest BCUT2D eigenvalue weighted by Crippen LogP contribution is 2.48. The maximum atomic E-state index is 12.7. The fourth-order valence-corrected chi connectivity index (χ4v) is 4.93. The number of nitrogens with one attached hydrogen (secondary N) is 3. The summed E-state index contributed by atoms with van der Waals surface area (Å²) in [5.74, 6) is 1.06. The lowest BCUT2D eigenvalue weighted by Crippen LogP contribution is -2.48. The number of hydrogen-bond acceptors (Lipinski definition) is 8. The van der Waals surface area contributed by atoms with Crippen molar-refractivity contribution in [3.8, 4) is 17.0 Å². The van der Waals surface area contributed by atoms with Gasteiger partial charge in [0.2, 0.25) is 5.91 Å². The van der Waals surface area contributed by atoms with Crippen molar-refractivity contribution in [2.24, 2.45) is 17.8 Å². The van der Waals surface area contributed by atoms with Gasteiger partial charge in [-0.3, -0.25) is 9.59 Å². The van der Waals surface area contributed by atoms with Crippen LogP contribution < -0.4 is 20.7 Å². The molecule has 3 atom stereocenters. The van der Waals surface area contributed by atoms with E-state index in [0.29, 0.717) is 79.7 Å². The van der Waals surface area contributed by atoms with E-state index in [-0.39, 0.29) is 23.5 Å². The molecule has 0 saturated heterocycles. The Morgan fingerprint density at radius 1 is 0.886 bits per heavy atom. The van der Waals surface area contributed by atoms with E-state index in [4.69, 9.17) is 9.47 Å². The summed E-state index contributed by atoms with van der Waals surface area (Å²) in [6.07, 6.45) is 1.80. The van der Waals surface area contributed by atoms with E-state index < -0.39 is 6.36 Å². The molecular weight excluding hydrogens is 579 g/mol. The average Bonchev–Trinajstić information content (AvgIpc) is 2.99. The quantitative estimate of drug-likeness (QED) is 0.170. The lowest BCUT2D eigenvalue weighted by atomic mass is 9.58. The maximum Gasteiger partial charge on any atom is 0.573 e. The normalized spacial score (nSPS) is 18.4. The molecule has 0 spiro atoms. The lowest BCUT2D eigenvalue weighted by Gasteiger charge is -2.46. The lowest BCUT2D eigenvalue weighted by molar-refractivity contribution is -0.274. The number of carbonyl (C=O) groups excluding carboxylic acids is 2. The Morgan fingerprint density at radius 3 is 2.30 bits per heavy atom. The van der Waals surface area contributed by atoms with Gasteiger partial charge >= 0.3 is 6.36 Å². The summed E-state index contributed by atoms with van der Waals surface area (Å²) in [4.78, 5) is 33.2. The van der Waals surface area contributed by atoms with Crippen molar-refractivity contribution in [1.82, 2.24) is 20.6 Å². The zero-order chi connectivity index (χ0) is 30.9. The number of nitrogens with zero attached hydrogens (tertiary/aromatic N) is 2. The number of ether oxygens (including phenoxy) is 3. The molecule has 2 unspecified atom stereocenters. The van der Waals surface area contributed by atoms with E-state index in [0.717, 1.165) is 6.42 Å². The number of anilines is 2. The van der Waals surface area contributed by atoms with Crippen molar-refractivity contribution in [3.63, 3.8) is 0 Å². The van der Waals surface area contributed by atoms with Gasteiger partial charge in [0.1, 0.15) is 17.9 Å². The predicted octanol–water partition coefficient (Wildman–Crippen LogP) is 4.49. The number of hydrogen-bond donors (Lipinski definition) is 3. The molecule has 0 bridgehead atoms. The molecule has 2 aromatic carbocycles. The molecule has 3 aromatic rings. The van der Waals surface area contributed by atoms with Crippen molar-refractivity contribution < 1.29 is 37.0 Å². The second-order valence-corrected chi connectivity index (χ2v) is 10.3. The van der Waals surface area contributed by atoms with Gasteiger partial charge in [0, 0.05) is 41.9 Å². The zero-order valence-electron chi connectivity index (χ0n) is 23.7. The van der Waals surface area contributed by atoms with Gasteiger partial charge in [0.25, 0.3) is 5.91 Å². The summed E-state index contributed by atoms with van der Waals surface area (Å²) in [7, 11) is 0. The van der Waals surface area contributed by atoms with Gasteiger partial charge in [-0.25, -0.2) is 9.97 Å². The Labute approximate surface area is 252 Å². The Kier molecular flexibility index (Phi) is 10.1. The van der Waals surface area contributed by atoms with Crippen molar-refractivity contribution in [2.75, 3.05) is 44.8 Å². The second-order valence-electron chi connectivity index (χ2n) is 10.3.